The average Bonchev–Trinajstić information content (AvgIpc) is 2.14. The normalized spacial score (nSPS) is 23.9. The molecule has 1 nitrogen and oxygen atoms in total. The van der Waals surface area contributed by atoms with E-state index in [4.69, 9.17) is 0 Å². The highest BCUT2D eigenvalue weighted by Crippen LogP contribution is 2.21. The molecular formula is C13H20O. The van der Waals surface area contributed by atoms with E-state index < -0.39 is 6.10 Å². The lowest BCUT2D eigenvalue weighted by molar-refractivity contribution is 0.154. The molecule has 0 aliphatic heterocycles. The van der Waals surface area contributed by atoms with Crippen molar-refractivity contribution in [3.8, 4) is 11.8 Å². The van der Waals surface area contributed by atoms with Crippen LogP contribution >= 0.6 is 0 Å². The first-order valence-electron chi connectivity index (χ1n) is 5.35. The van der Waals surface area contributed by atoms with Gasteiger partial charge >= 0.3 is 0 Å². The Morgan fingerprint density at radius 2 is 2.07 bits per heavy atom. The van der Waals surface area contributed by atoms with E-state index in [2.05, 4.69) is 44.8 Å². The largest absolute Gasteiger partial charge is 0.380 e. The molecule has 0 spiro atoms. The molecule has 1 N–H and O–H groups in total. The second-order valence-electron chi connectivity index (χ2n) is 5.01. The molecule has 0 heterocycles. The molecule has 0 saturated carbocycles. The van der Waals surface area contributed by atoms with Crippen LogP contribution in [0.3, 0.4) is 0 Å². The van der Waals surface area contributed by atoms with Gasteiger partial charge in [0.05, 0.1) is 0 Å². The summed E-state index contributed by atoms with van der Waals surface area (Å²) < 4.78 is 0. The topological polar surface area (TPSA) is 20.2 Å². The van der Waals surface area contributed by atoms with Crippen LogP contribution in [-0.2, 0) is 0 Å². The predicted octanol–water partition coefficient (Wildman–Crippen LogP) is 2.75. The van der Waals surface area contributed by atoms with Gasteiger partial charge in [0.2, 0.25) is 0 Å². The Labute approximate surface area is 87.2 Å². The molecule has 0 fully saturated rings. The summed E-state index contributed by atoms with van der Waals surface area (Å²) in [6, 6.07) is 0. The summed E-state index contributed by atoms with van der Waals surface area (Å²) in [5.74, 6) is 6.40. The van der Waals surface area contributed by atoms with Crippen LogP contribution in [0.5, 0.6) is 0 Å². The number of hydrogen-bond acceptors (Lipinski definition) is 1. The van der Waals surface area contributed by atoms with Crippen LogP contribution in [0.2, 0.25) is 0 Å². The number of aliphatic hydroxyl groups excluding tert-OH is 1. The Bertz CT molecular complexity index is 259. The molecule has 0 saturated heterocycles. The summed E-state index contributed by atoms with van der Waals surface area (Å²) in [5.41, 5.74) is -0.00845. The quantitative estimate of drug-likeness (QED) is 0.500. The molecule has 2 unspecified atom stereocenters. The van der Waals surface area contributed by atoms with Gasteiger partial charge in [-0.1, -0.05) is 24.0 Å². The zero-order valence-electron chi connectivity index (χ0n) is 9.38. The summed E-state index contributed by atoms with van der Waals surface area (Å²) >= 11 is 0. The molecule has 0 aromatic rings. The minimum absolute atomic E-state index is 0.00845. The Hall–Kier alpha value is -0.740. The van der Waals surface area contributed by atoms with Crippen molar-refractivity contribution in [2.75, 3.05) is 0 Å². The fraction of sp³-hybridized carbons (Fsp3) is 0.692. The van der Waals surface area contributed by atoms with Crippen LogP contribution in [0.4, 0.5) is 0 Å². The molecule has 0 radical (unpaired) electrons. The van der Waals surface area contributed by atoms with Gasteiger partial charge < -0.3 is 5.11 Å². The van der Waals surface area contributed by atoms with Gasteiger partial charge in [-0.05, 0) is 46.0 Å². The summed E-state index contributed by atoms with van der Waals surface area (Å²) in [5, 5.41) is 9.83. The number of rotatable bonds is 1. The second kappa shape index (κ2) is 4.66. The van der Waals surface area contributed by atoms with E-state index in [1.165, 1.54) is 0 Å². The summed E-state index contributed by atoms with van der Waals surface area (Å²) in [7, 11) is 0. The zero-order valence-corrected chi connectivity index (χ0v) is 9.38. The third kappa shape index (κ3) is 3.98. The number of hydrogen-bond donors (Lipinski definition) is 1. The lowest BCUT2D eigenvalue weighted by Gasteiger charge is -2.20. The molecule has 1 heteroatoms. The molecule has 0 aromatic carbocycles. The van der Waals surface area contributed by atoms with Crippen molar-refractivity contribution in [2.45, 2.75) is 46.1 Å². The van der Waals surface area contributed by atoms with E-state index in [1.807, 2.05) is 0 Å². The first kappa shape index (κ1) is 11.3. The van der Waals surface area contributed by atoms with Crippen molar-refractivity contribution >= 4 is 0 Å². The van der Waals surface area contributed by atoms with Crippen molar-refractivity contribution in [1.82, 2.24) is 0 Å². The minimum Gasteiger partial charge on any atom is -0.380 e. The molecule has 14 heavy (non-hydrogen) atoms. The third-order valence-corrected chi connectivity index (χ3v) is 2.35. The molecule has 1 aliphatic carbocycles. The van der Waals surface area contributed by atoms with Crippen molar-refractivity contribution in [3.05, 3.63) is 12.2 Å². The Balaban J connectivity index is 2.51. The van der Waals surface area contributed by atoms with Gasteiger partial charge in [0.1, 0.15) is 6.10 Å². The van der Waals surface area contributed by atoms with Crippen molar-refractivity contribution in [2.24, 2.45) is 11.3 Å². The van der Waals surface area contributed by atoms with E-state index in [0.717, 1.165) is 19.3 Å². The maximum atomic E-state index is 9.83. The van der Waals surface area contributed by atoms with Gasteiger partial charge in [-0.2, -0.15) is 0 Å². The lowest BCUT2D eigenvalue weighted by Crippen LogP contribution is -2.20. The van der Waals surface area contributed by atoms with Gasteiger partial charge in [0.15, 0.2) is 0 Å². The van der Waals surface area contributed by atoms with Crippen LogP contribution in [0, 0.1) is 23.2 Å². The first-order valence-corrected chi connectivity index (χ1v) is 5.35. The standard InChI is InChI=1S/C13H20O/c1-13(2,3)10-9-12(14)11-7-5-4-6-8-11/h4-5,11-12,14H,6-8H2,1-3H3. The molecule has 1 aliphatic rings. The first-order chi connectivity index (χ1) is 6.49. The van der Waals surface area contributed by atoms with Crippen molar-refractivity contribution in [1.29, 1.82) is 0 Å². The smallest absolute Gasteiger partial charge is 0.117 e. The van der Waals surface area contributed by atoms with E-state index in [0.29, 0.717) is 5.92 Å². The molecule has 2 atom stereocenters. The minimum atomic E-state index is -0.445. The van der Waals surface area contributed by atoms with Gasteiger partial charge in [-0.15, -0.1) is 0 Å². The van der Waals surface area contributed by atoms with Crippen molar-refractivity contribution < 1.29 is 5.11 Å². The number of allylic oxidation sites excluding steroid dienone is 2. The molecule has 1 rings (SSSR count). The Morgan fingerprint density at radius 1 is 1.36 bits per heavy atom. The average molecular weight is 192 g/mol. The van der Waals surface area contributed by atoms with E-state index in [-0.39, 0.29) is 5.41 Å². The molecule has 0 bridgehead atoms. The maximum absolute atomic E-state index is 9.83. The molecule has 0 amide bonds. The van der Waals surface area contributed by atoms with Crippen LogP contribution in [0.25, 0.3) is 0 Å². The summed E-state index contributed by atoms with van der Waals surface area (Å²) in [4.78, 5) is 0. The zero-order chi connectivity index (χ0) is 10.6. The van der Waals surface area contributed by atoms with Gasteiger partial charge in [-0.25, -0.2) is 0 Å². The summed E-state index contributed by atoms with van der Waals surface area (Å²) in [6.45, 7) is 6.19. The van der Waals surface area contributed by atoms with Crippen LogP contribution in [0.1, 0.15) is 40.0 Å². The fourth-order valence-corrected chi connectivity index (χ4v) is 1.51. The lowest BCUT2D eigenvalue weighted by atomic mass is 9.88. The SMILES string of the molecule is CC(C)(C)C#CC(O)C1CC=CCC1. The van der Waals surface area contributed by atoms with Crippen LogP contribution < -0.4 is 0 Å². The Morgan fingerprint density at radius 3 is 2.57 bits per heavy atom. The van der Waals surface area contributed by atoms with E-state index >= 15 is 0 Å². The van der Waals surface area contributed by atoms with Crippen LogP contribution in [0.15, 0.2) is 12.2 Å². The van der Waals surface area contributed by atoms with Crippen LogP contribution in [-0.4, -0.2) is 11.2 Å². The number of aliphatic hydroxyl groups is 1. The Kier molecular flexibility index (Phi) is 3.77. The summed E-state index contributed by atoms with van der Waals surface area (Å²) in [6.07, 6.45) is 7.01. The second-order valence-corrected chi connectivity index (χ2v) is 5.01. The molecular weight excluding hydrogens is 172 g/mol. The highest BCUT2D eigenvalue weighted by molar-refractivity contribution is 5.13. The van der Waals surface area contributed by atoms with Crippen molar-refractivity contribution in [3.63, 3.8) is 0 Å². The van der Waals surface area contributed by atoms with E-state index in [9.17, 15) is 5.11 Å². The highest BCUT2D eigenvalue weighted by Gasteiger charge is 2.17. The molecule has 78 valence electrons. The monoisotopic (exact) mass is 192 g/mol. The maximum Gasteiger partial charge on any atom is 0.117 e. The van der Waals surface area contributed by atoms with Gasteiger partial charge in [-0.3, -0.25) is 0 Å². The fourth-order valence-electron chi connectivity index (χ4n) is 1.51. The van der Waals surface area contributed by atoms with E-state index in [1.54, 1.807) is 0 Å². The third-order valence-electron chi connectivity index (χ3n) is 2.35. The van der Waals surface area contributed by atoms with Gasteiger partial charge in [0.25, 0.3) is 0 Å². The highest BCUT2D eigenvalue weighted by atomic mass is 16.3. The van der Waals surface area contributed by atoms with Gasteiger partial charge in [0, 0.05) is 5.41 Å². The predicted molar refractivity (Wildman–Crippen MR) is 59.7 cm³/mol. The molecule has 0 aromatic heterocycles.